The average Bonchev–Trinajstić information content (AvgIpc) is 3.23. The van der Waals surface area contributed by atoms with Gasteiger partial charge in [0.05, 0.1) is 11.4 Å². The van der Waals surface area contributed by atoms with Crippen molar-refractivity contribution in [3.8, 4) is 0 Å². The minimum atomic E-state index is -0.365. The highest BCUT2D eigenvalue weighted by molar-refractivity contribution is 7.99. The number of aryl methyl sites for hydroxylation is 2. The van der Waals surface area contributed by atoms with Gasteiger partial charge in [0.2, 0.25) is 11.8 Å². The van der Waals surface area contributed by atoms with Gasteiger partial charge in [0.1, 0.15) is 11.6 Å². The van der Waals surface area contributed by atoms with Gasteiger partial charge in [-0.1, -0.05) is 11.8 Å². The van der Waals surface area contributed by atoms with E-state index in [1.165, 1.54) is 11.8 Å². The van der Waals surface area contributed by atoms with E-state index in [9.17, 15) is 9.59 Å². The molecule has 2 heterocycles. The highest BCUT2D eigenvalue weighted by Gasteiger charge is 2.30. The lowest BCUT2D eigenvalue weighted by atomic mass is 10.3. The molecular weight excluding hydrogens is 342 g/mol. The number of primary amides is 1. The molecule has 0 saturated heterocycles. The van der Waals surface area contributed by atoms with E-state index in [1.54, 1.807) is 11.7 Å². The number of nitrogens with zero attached hydrogens (tertiary/aromatic N) is 5. The molecule has 3 N–H and O–H groups in total. The molecule has 0 spiro atoms. The SMILES string of the molecule is Cc1cc(NC(=O)CSc2nnc(C3CC3)n2CCC(N)=O)n(C)n1. The van der Waals surface area contributed by atoms with Crippen LogP contribution in [0.1, 0.15) is 36.7 Å². The Hall–Kier alpha value is -2.36. The molecule has 0 unspecified atom stereocenters. The fraction of sp³-hybridized carbons (Fsp3) is 0.533. The van der Waals surface area contributed by atoms with Crippen molar-refractivity contribution in [3.05, 3.63) is 17.6 Å². The van der Waals surface area contributed by atoms with Crippen LogP contribution in [0.5, 0.6) is 0 Å². The standard InChI is InChI=1S/C15H21N7O2S/c1-9-7-12(21(2)20-9)17-13(24)8-25-15-19-18-14(10-3-4-10)22(15)6-5-11(16)23/h7,10H,3-6,8H2,1-2H3,(H2,16,23)(H,17,24). The van der Waals surface area contributed by atoms with Gasteiger partial charge in [-0.05, 0) is 19.8 Å². The smallest absolute Gasteiger partial charge is 0.235 e. The van der Waals surface area contributed by atoms with Gasteiger partial charge in [-0.25, -0.2) is 0 Å². The first-order valence-electron chi connectivity index (χ1n) is 8.08. The fourth-order valence-corrected chi connectivity index (χ4v) is 3.29. The molecular formula is C15H21N7O2S. The summed E-state index contributed by atoms with van der Waals surface area (Å²) in [6.45, 7) is 2.31. The number of anilines is 1. The van der Waals surface area contributed by atoms with Crippen LogP contribution in [-0.2, 0) is 23.2 Å². The van der Waals surface area contributed by atoms with Crippen molar-refractivity contribution in [2.24, 2.45) is 12.8 Å². The molecule has 2 amide bonds. The van der Waals surface area contributed by atoms with Crippen molar-refractivity contribution in [1.29, 1.82) is 0 Å². The zero-order valence-electron chi connectivity index (χ0n) is 14.2. The molecule has 1 aliphatic rings. The lowest BCUT2D eigenvalue weighted by molar-refractivity contribution is -0.118. The van der Waals surface area contributed by atoms with Gasteiger partial charge in [0.25, 0.3) is 0 Å². The Bertz CT molecular complexity index is 794. The van der Waals surface area contributed by atoms with E-state index >= 15 is 0 Å². The van der Waals surface area contributed by atoms with Gasteiger partial charge in [-0.2, -0.15) is 5.10 Å². The van der Waals surface area contributed by atoms with Crippen LogP contribution in [-0.4, -0.2) is 42.1 Å². The Morgan fingerprint density at radius 1 is 1.40 bits per heavy atom. The van der Waals surface area contributed by atoms with E-state index in [2.05, 4.69) is 20.6 Å². The van der Waals surface area contributed by atoms with E-state index in [4.69, 9.17) is 5.73 Å². The van der Waals surface area contributed by atoms with Gasteiger partial charge in [0.15, 0.2) is 5.16 Å². The molecule has 3 rings (SSSR count). The van der Waals surface area contributed by atoms with Gasteiger partial charge < -0.3 is 15.6 Å². The molecule has 2 aromatic rings. The molecule has 10 heteroatoms. The first kappa shape index (κ1) is 17.5. The van der Waals surface area contributed by atoms with E-state index in [-0.39, 0.29) is 24.0 Å². The van der Waals surface area contributed by atoms with Crippen LogP contribution in [0.15, 0.2) is 11.2 Å². The maximum Gasteiger partial charge on any atom is 0.235 e. The molecule has 0 bridgehead atoms. The van der Waals surface area contributed by atoms with Crippen molar-refractivity contribution in [2.75, 3.05) is 11.1 Å². The predicted molar refractivity (Wildman–Crippen MR) is 93.1 cm³/mol. The molecule has 25 heavy (non-hydrogen) atoms. The van der Waals surface area contributed by atoms with Crippen LogP contribution in [0, 0.1) is 6.92 Å². The molecule has 1 saturated carbocycles. The quantitative estimate of drug-likeness (QED) is 0.669. The van der Waals surface area contributed by atoms with Gasteiger partial charge in [-0.15, -0.1) is 10.2 Å². The highest BCUT2D eigenvalue weighted by atomic mass is 32.2. The van der Waals surface area contributed by atoms with E-state index in [0.29, 0.717) is 23.4 Å². The lowest BCUT2D eigenvalue weighted by Crippen LogP contribution is -2.18. The third-order valence-electron chi connectivity index (χ3n) is 3.87. The number of amides is 2. The number of rotatable bonds is 8. The topological polar surface area (TPSA) is 121 Å². The largest absolute Gasteiger partial charge is 0.370 e. The first-order valence-corrected chi connectivity index (χ1v) is 9.07. The Labute approximate surface area is 149 Å². The number of thioether (sulfide) groups is 1. The molecule has 0 aromatic carbocycles. The molecule has 0 radical (unpaired) electrons. The third kappa shape index (κ3) is 4.38. The molecule has 0 atom stereocenters. The second-order valence-electron chi connectivity index (χ2n) is 6.11. The Balaban J connectivity index is 1.63. The van der Waals surface area contributed by atoms with Crippen molar-refractivity contribution < 1.29 is 9.59 Å². The molecule has 1 fully saturated rings. The van der Waals surface area contributed by atoms with Crippen LogP contribution in [0.25, 0.3) is 0 Å². The molecule has 9 nitrogen and oxygen atoms in total. The van der Waals surface area contributed by atoms with Crippen molar-refractivity contribution in [3.63, 3.8) is 0 Å². The number of nitrogens with two attached hydrogens (primary N) is 1. The average molecular weight is 363 g/mol. The van der Waals surface area contributed by atoms with Crippen LogP contribution < -0.4 is 11.1 Å². The number of carbonyl (C=O) groups excluding carboxylic acids is 2. The number of nitrogens with one attached hydrogen (secondary N) is 1. The first-order chi connectivity index (χ1) is 11.9. The van der Waals surface area contributed by atoms with Crippen LogP contribution in [0.3, 0.4) is 0 Å². The maximum absolute atomic E-state index is 12.2. The van der Waals surface area contributed by atoms with Crippen LogP contribution in [0.4, 0.5) is 5.82 Å². The Morgan fingerprint density at radius 3 is 2.76 bits per heavy atom. The number of carbonyl (C=O) groups is 2. The number of hydrogen-bond donors (Lipinski definition) is 2. The summed E-state index contributed by atoms with van der Waals surface area (Å²) in [6, 6.07) is 1.81. The number of hydrogen-bond acceptors (Lipinski definition) is 6. The van der Waals surface area contributed by atoms with E-state index in [1.807, 2.05) is 17.6 Å². The van der Waals surface area contributed by atoms with Crippen molar-refractivity contribution in [1.82, 2.24) is 24.5 Å². The van der Waals surface area contributed by atoms with Crippen molar-refractivity contribution >= 4 is 29.4 Å². The zero-order valence-corrected chi connectivity index (χ0v) is 15.0. The molecule has 0 aliphatic heterocycles. The summed E-state index contributed by atoms with van der Waals surface area (Å²) in [5, 5.41) is 16.1. The third-order valence-corrected chi connectivity index (χ3v) is 4.84. The molecule has 2 aromatic heterocycles. The summed E-state index contributed by atoms with van der Waals surface area (Å²) in [5.41, 5.74) is 6.09. The normalized spacial score (nSPS) is 13.8. The maximum atomic E-state index is 12.2. The zero-order chi connectivity index (χ0) is 18.0. The lowest BCUT2D eigenvalue weighted by Gasteiger charge is -2.09. The van der Waals surface area contributed by atoms with Crippen molar-refractivity contribution in [2.45, 2.75) is 43.8 Å². The summed E-state index contributed by atoms with van der Waals surface area (Å²) >= 11 is 1.30. The monoisotopic (exact) mass is 363 g/mol. The summed E-state index contributed by atoms with van der Waals surface area (Å²) in [4.78, 5) is 23.3. The minimum absolute atomic E-state index is 0.148. The highest BCUT2D eigenvalue weighted by Crippen LogP contribution is 2.40. The fourth-order valence-electron chi connectivity index (χ4n) is 2.52. The van der Waals surface area contributed by atoms with E-state index < -0.39 is 0 Å². The summed E-state index contributed by atoms with van der Waals surface area (Å²) in [5.74, 6) is 1.62. The van der Waals surface area contributed by atoms with Gasteiger partial charge in [0, 0.05) is 32.0 Å². The molecule has 1 aliphatic carbocycles. The van der Waals surface area contributed by atoms with Gasteiger partial charge >= 0.3 is 0 Å². The summed E-state index contributed by atoms with van der Waals surface area (Å²) < 4.78 is 3.53. The van der Waals surface area contributed by atoms with Crippen LogP contribution in [0.2, 0.25) is 0 Å². The minimum Gasteiger partial charge on any atom is -0.370 e. The Kier molecular flexibility index (Phi) is 5.07. The van der Waals surface area contributed by atoms with E-state index in [0.717, 1.165) is 24.4 Å². The molecule has 134 valence electrons. The number of aromatic nitrogens is 5. The second kappa shape index (κ2) is 7.26. The Morgan fingerprint density at radius 2 is 2.16 bits per heavy atom. The van der Waals surface area contributed by atoms with Crippen LogP contribution >= 0.6 is 11.8 Å². The van der Waals surface area contributed by atoms with Gasteiger partial charge in [-0.3, -0.25) is 14.3 Å². The summed E-state index contributed by atoms with van der Waals surface area (Å²) in [6.07, 6.45) is 2.39. The predicted octanol–water partition coefficient (Wildman–Crippen LogP) is 0.804. The second-order valence-corrected chi connectivity index (χ2v) is 7.06. The summed E-state index contributed by atoms with van der Waals surface area (Å²) in [7, 11) is 1.78.